The Morgan fingerprint density at radius 1 is 1.27 bits per heavy atom. The highest BCUT2D eigenvalue weighted by molar-refractivity contribution is 7.17. The van der Waals surface area contributed by atoms with Crippen LogP contribution in [0.5, 0.6) is 0 Å². The van der Waals surface area contributed by atoms with Crippen LogP contribution in [0.25, 0.3) is 0 Å². The first-order chi connectivity index (χ1) is 12.3. The van der Waals surface area contributed by atoms with Crippen molar-refractivity contribution in [3.63, 3.8) is 0 Å². The molecule has 2 aromatic heterocycles. The molecule has 0 aliphatic rings. The van der Waals surface area contributed by atoms with Crippen molar-refractivity contribution in [2.45, 2.75) is 47.1 Å². The average molecular weight is 378 g/mol. The fourth-order valence-corrected chi connectivity index (χ4v) is 3.51. The molecule has 1 N–H and O–H groups in total. The maximum absolute atomic E-state index is 12.7. The Balaban J connectivity index is 2.27. The number of amides is 1. The number of nitrogens with zero attached hydrogens (tertiary/aromatic N) is 3. The van der Waals surface area contributed by atoms with Crippen LogP contribution in [-0.2, 0) is 9.53 Å². The van der Waals surface area contributed by atoms with E-state index < -0.39 is 17.7 Å². The Bertz CT molecular complexity index is 887. The van der Waals surface area contributed by atoms with Crippen LogP contribution in [0.1, 0.15) is 53.1 Å². The van der Waals surface area contributed by atoms with Gasteiger partial charge in [-0.2, -0.15) is 4.98 Å². The zero-order valence-electron chi connectivity index (χ0n) is 15.5. The first-order valence-electron chi connectivity index (χ1n) is 8.30. The van der Waals surface area contributed by atoms with E-state index in [2.05, 4.69) is 15.3 Å². The van der Waals surface area contributed by atoms with Gasteiger partial charge in [-0.1, -0.05) is 18.3 Å². The van der Waals surface area contributed by atoms with Crippen molar-refractivity contribution in [3.05, 3.63) is 38.5 Å². The second-order valence-electron chi connectivity index (χ2n) is 5.76. The Morgan fingerprint density at radius 3 is 2.54 bits per heavy atom. The van der Waals surface area contributed by atoms with Crippen LogP contribution in [-0.4, -0.2) is 33.0 Å². The average Bonchev–Trinajstić information content (AvgIpc) is 2.91. The lowest BCUT2D eigenvalue weighted by atomic mass is 10.2. The molecule has 2 heterocycles. The summed E-state index contributed by atoms with van der Waals surface area (Å²) in [5.41, 5.74) is 1.29. The topological polar surface area (TPSA) is 103 Å². The van der Waals surface area contributed by atoms with Gasteiger partial charge in [0.15, 0.2) is 5.13 Å². The third kappa shape index (κ3) is 4.16. The molecule has 2 rings (SSSR count). The fraction of sp³-hybridized carbons (Fsp3) is 0.471. The number of carbonyl (C=O) groups is 2. The predicted octanol–water partition coefficient (Wildman–Crippen LogP) is 2.39. The zero-order chi connectivity index (χ0) is 19.4. The standard InChI is InChI=1S/C17H22N4O4S/c1-6-12(21-10(4)8-9(3)18-17(21)24)14(22)20-16-19-11(5)13(26-16)15(23)25-7-2/h8,12H,6-7H2,1-5H3,(H,19,20,22). The van der Waals surface area contributed by atoms with Crippen molar-refractivity contribution in [1.82, 2.24) is 14.5 Å². The van der Waals surface area contributed by atoms with Gasteiger partial charge in [-0.25, -0.2) is 14.6 Å². The van der Waals surface area contributed by atoms with Gasteiger partial charge in [-0.15, -0.1) is 0 Å². The minimum absolute atomic E-state index is 0.262. The summed E-state index contributed by atoms with van der Waals surface area (Å²) < 4.78 is 6.34. The lowest BCUT2D eigenvalue weighted by Gasteiger charge is -2.19. The summed E-state index contributed by atoms with van der Waals surface area (Å²) >= 11 is 1.05. The fourth-order valence-electron chi connectivity index (χ4n) is 2.65. The summed E-state index contributed by atoms with van der Waals surface area (Å²) in [7, 11) is 0. The number of anilines is 1. The van der Waals surface area contributed by atoms with Gasteiger partial charge in [0, 0.05) is 11.4 Å². The predicted molar refractivity (Wildman–Crippen MR) is 98.7 cm³/mol. The van der Waals surface area contributed by atoms with Crippen LogP contribution < -0.4 is 11.0 Å². The molecule has 9 heteroatoms. The van der Waals surface area contributed by atoms with Crippen LogP contribution in [0.2, 0.25) is 0 Å². The number of hydrogen-bond acceptors (Lipinski definition) is 7. The van der Waals surface area contributed by atoms with E-state index in [4.69, 9.17) is 4.74 Å². The monoisotopic (exact) mass is 378 g/mol. The van der Waals surface area contributed by atoms with E-state index in [1.54, 1.807) is 33.8 Å². The number of ether oxygens (including phenoxy) is 1. The Morgan fingerprint density at radius 2 is 1.96 bits per heavy atom. The number of carbonyl (C=O) groups excluding carboxylic acids is 2. The molecule has 26 heavy (non-hydrogen) atoms. The number of esters is 1. The van der Waals surface area contributed by atoms with Gasteiger partial charge in [0.25, 0.3) is 0 Å². The van der Waals surface area contributed by atoms with E-state index in [9.17, 15) is 14.4 Å². The summed E-state index contributed by atoms with van der Waals surface area (Å²) in [6, 6.07) is 1.04. The van der Waals surface area contributed by atoms with Gasteiger partial charge >= 0.3 is 11.7 Å². The number of thiazole rings is 1. The quantitative estimate of drug-likeness (QED) is 0.774. The molecule has 1 amide bonds. The molecule has 0 spiro atoms. The van der Waals surface area contributed by atoms with Crippen LogP contribution >= 0.6 is 11.3 Å². The number of hydrogen-bond donors (Lipinski definition) is 1. The van der Waals surface area contributed by atoms with E-state index in [0.29, 0.717) is 33.5 Å². The van der Waals surface area contributed by atoms with Crippen molar-refractivity contribution in [3.8, 4) is 0 Å². The Kier molecular flexibility index (Phi) is 6.25. The van der Waals surface area contributed by atoms with Gasteiger partial charge in [0.2, 0.25) is 5.91 Å². The molecule has 1 atom stereocenters. The van der Waals surface area contributed by atoms with E-state index in [0.717, 1.165) is 11.3 Å². The lowest BCUT2D eigenvalue weighted by molar-refractivity contribution is -0.119. The van der Waals surface area contributed by atoms with Crippen molar-refractivity contribution < 1.29 is 14.3 Å². The largest absolute Gasteiger partial charge is 0.462 e. The van der Waals surface area contributed by atoms with E-state index in [1.165, 1.54) is 4.57 Å². The molecule has 0 radical (unpaired) electrons. The first-order valence-corrected chi connectivity index (χ1v) is 9.12. The maximum atomic E-state index is 12.7. The van der Waals surface area contributed by atoms with Gasteiger partial charge in [0.05, 0.1) is 12.3 Å². The van der Waals surface area contributed by atoms with E-state index in [-0.39, 0.29) is 12.5 Å². The molecule has 0 aromatic carbocycles. The third-order valence-corrected chi connectivity index (χ3v) is 4.82. The second-order valence-corrected chi connectivity index (χ2v) is 6.76. The zero-order valence-corrected chi connectivity index (χ0v) is 16.3. The number of aryl methyl sites for hydroxylation is 3. The molecule has 0 aliphatic heterocycles. The van der Waals surface area contributed by atoms with Crippen LogP contribution in [0.15, 0.2) is 10.9 Å². The van der Waals surface area contributed by atoms with Crippen LogP contribution in [0.3, 0.4) is 0 Å². The highest BCUT2D eigenvalue weighted by atomic mass is 32.1. The van der Waals surface area contributed by atoms with Crippen LogP contribution in [0.4, 0.5) is 5.13 Å². The second kappa shape index (κ2) is 8.22. The van der Waals surface area contributed by atoms with Crippen molar-refractivity contribution in [2.24, 2.45) is 0 Å². The summed E-state index contributed by atoms with van der Waals surface area (Å²) in [5, 5.41) is 2.98. The van der Waals surface area contributed by atoms with Gasteiger partial charge in [0.1, 0.15) is 10.9 Å². The SMILES string of the molecule is CCOC(=O)c1sc(NC(=O)C(CC)n2c(C)cc(C)nc2=O)nc1C. The third-order valence-electron chi connectivity index (χ3n) is 3.76. The van der Waals surface area contributed by atoms with E-state index in [1.807, 2.05) is 6.92 Å². The lowest BCUT2D eigenvalue weighted by Crippen LogP contribution is -2.36. The van der Waals surface area contributed by atoms with Crippen LogP contribution in [0, 0.1) is 20.8 Å². The Hall–Kier alpha value is -2.55. The molecule has 0 bridgehead atoms. The van der Waals surface area contributed by atoms with Gasteiger partial charge in [-0.3, -0.25) is 9.36 Å². The first kappa shape index (κ1) is 19.8. The summed E-state index contributed by atoms with van der Waals surface area (Å²) in [5.74, 6) is -0.850. The highest BCUT2D eigenvalue weighted by Crippen LogP contribution is 2.25. The summed E-state index contributed by atoms with van der Waals surface area (Å²) in [6.45, 7) is 8.96. The summed E-state index contributed by atoms with van der Waals surface area (Å²) in [6.07, 6.45) is 0.409. The normalized spacial score (nSPS) is 11.9. The van der Waals surface area contributed by atoms with Crippen molar-refractivity contribution >= 4 is 28.3 Å². The molecule has 2 aromatic rings. The maximum Gasteiger partial charge on any atom is 0.350 e. The van der Waals surface area contributed by atoms with Crippen molar-refractivity contribution in [1.29, 1.82) is 0 Å². The molecule has 8 nitrogen and oxygen atoms in total. The number of rotatable bonds is 6. The molecule has 0 saturated carbocycles. The molecule has 0 fully saturated rings. The van der Waals surface area contributed by atoms with E-state index >= 15 is 0 Å². The molecular formula is C17H22N4O4S. The number of aromatic nitrogens is 3. The summed E-state index contributed by atoms with van der Waals surface area (Å²) in [4.78, 5) is 45.3. The minimum atomic E-state index is -0.717. The minimum Gasteiger partial charge on any atom is -0.462 e. The van der Waals surface area contributed by atoms with Gasteiger partial charge in [-0.05, 0) is 40.2 Å². The smallest absolute Gasteiger partial charge is 0.350 e. The molecular weight excluding hydrogens is 356 g/mol. The highest BCUT2D eigenvalue weighted by Gasteiger charge is 2.24. The van der Waals surface area contributed by atoms with Crippen molar-refractivity contribution in [2.75, 3.05) is 11.9 Å². The van der Waals surface area contributed by atoms with Gasteiger partial charge < -0.3 is 10.1 Å². The number of nitrogens with one attached hydrogen (secondary N) is 1. The molecule has 1 unspecified atom stereocenters. The molecule has 0 saturated heterocycles. The molecule has 0 aliphatic carbocycles. The molecule has 140 valence electrons. The Labute approximate surface area is 155 Å².